The van der Waals surface area contributed by atoms with Gasteiger partial charge in [-0.15, -0.1) is 13.2 Å². The lowest BCUT2D eigenvalue weighted by molar-refractivity contribution is -0.162. The number of ether oxygens (including phenoxy) is 2. The highest BCUT2D eigenvalue weighted by atomic mass is 16.6. The average Bonchev–Trinajstić information content (AvgIpc) is 3.48. The van der Waals surface area contributed by atoms with Crippen LogP contribution in [0.4, 0.5) is 0 Å². The van der Waals surface area contributed by atoms with Crippen LogP contribution in [0.15, 0.2) is 55.6 Å². The number of aliphatic hydroxyl groups excluding tert-OH is 1. The van der Waals surface area contributed by atoms with Gasteiger partial charge in [0.25, 0.3) is 0 Å². The zero-order valence-electron chi connectivity index (χ0n) is 23.4. The van der Waals surface area contributed by atoms with Gasteiger partial charge >= 0.3 is 5.97 Å². The van der Waals surface area contributed by atoms with Crippen LogP contribution in [-0.2, 0) is 23.9 Å². The van der Waals surface area contributed by atoms with E-state index in [-0.39, 0.29) is 31.1 Å². The highest BCUT2D eigenvalue weighted by Gasteiger charge is 2.79. The summed E-state index contributed by atoms with van der Waals surface area (Å²) in [6.45, 7) is 13.4. The second kappa shape index (κ2) is 11.6. The van der Waals surface area contributed by atoms with Crippen LogP contribution in [0.1, 0.15) is 64.5 Å². The molecule has 0 radical (unpaired) electrons. The molecule has 4 rings (SSSR count). The number of carbonyl (C=O) groups is 3. The molecule has 2 unspecified atom stereocenters. The number of carbonyl (C=O) groups excluding carboxylic acids is 3. The van der Waals surface area contributed by atoms with Gasteiger partial charge in [-0.25, -0.2) is 0 Å². The number of nitrogens with zero attached hydrogens (tertiary/aromatic N) is 2. The smallest absolute Gasteiger partial charge is 0.312 e. The molecular formula is C31H42N2O6. The van der Waals surface area contributed by atoms with Crippen molar-refractivity contribution >= 4 is 17.8 Å². The minimum atomic E-state index is -1.19. The van der Waals surface area contributed by atoms with Gasteiger partial charge in [0.05, 0.1) is 30.8 Å². The van der Waals surface area contributed by atoms with E-state index in [0.717, 1.165) is 12.8 Å². The van der Waals surface area contributed by atoms with E-state index < -0.39 is 41.1 Å². The summed E-state index contributed by atoms with van der Waals surface area (Å²) < 4.78 is 12.4. The van der Waals surface area contributed by atoms with Crippen molar-refractivity contribution in [3.05, 3.63) is 61.2 Å². The third-order valence-electron chi connectivity index (χ3n) is 8.67. The maximum atomic E-state index is 14.4. The van der Waals surface area contributed by atoms with E-state index in [0.29, 0.717) is 31.4 Å². The van der Waals surface area contributed by atoms with Gasteiger partial charge < -0.3 is 24.4 Å². The molecule has 6 atom stereocenters. The number of amides is 2. The topological polar surface area (TPSA) is 96.4 Å². The predicted octanol–water partition coefficient (Wildman–Crippen LogP) is 3.81. The SMILES string of the molecule is C=CCCCCOC(=O)[C@@H]1[C@H]2C(=O)N([C@H](CO)c3ccccc3)C(C(=O)N(CC=C)C(C)C)C23CC[C@@]1(C)O3. The van der Waals surface area contributed by atoms with Crippen LogP contribution in [-0.4, -0.2) is 75.7 Å². The minimum absolute atomic E-state index is 0.155. The van der Waals surface area contributed by atoms with Gasteiger partial charge in [-0.3, -0.25) is 14.4 Å². The molecule has 3 aliphatic heterocycles. The number of benzene rings is 1. The lowest BCUT2D eigenvalue weighted by Gasteiger charge is -2.40. The summed E-state index contributed by atoms with van der Waals surface area (Å²) in [6.07, 6.45) is 6.88. The Bertz CT molecular complexity index is 1090. The molecule has 3 saturated heterocycles. The van der Waals surface area contributed by atoms with Crippen LogP contribution in [0, 0.1) is 11.8 Å². The first-order chi connectivity index (χ1) is 18.7. The lowest BCUT2D eigenvalue weighted by atomic mass is 9.66. The Hall–Kier alpha value is -2.97. The average molecular weight is 539 g/mol. The van der Waals surface area contributed by atoms with Gasteiger partial charge in [-0.2, -0.15) is 0 Å². The quantitative estimate of drug-likeness (QED) is 0.233. The monoisotopic (exact) mass is 538 g/mol. The molecule has 0 aliphatic carbocycles. The number of rotatable bonds is 13. The summed E-state index contributed by atoms with van der Waals surface area (Å²) >= 11 is 0. The van der Waals surface area contributed by atoms with Crippen molar-refractivity contribution in [2.75, 3.05) is 19.8 Å². The molecule has 1 aromatic carbocycles. The molecule has 3 heterocycles. The van der Waals surface area contributed by atoms with Crippen LogP contribution < -0.4 is 0 Å². The van der Waals surface area contributed by atoms with Crippen LogP contribution >= 0.6 is 0 Å². The number of unbranched alkanes of at least 4 members (excludes halogenated alkanes) is 2. The molecule has 3 aliphatic rings. The minimum Gasteiger partial charge on any atom is -0.465 e. The van der Waals surface area contributed by atoms with Gasteiger partial charge in [-0.1, -0.05) is 42.5 Å². The van der Waals surface area contributed by atoms with Gasteiger partial charge in [-0.05, 0) is 58.4 Å². The summed E-state index contributed by atoms with van der Waals surface area (Å²) in [6, 6.07) is 7.28. The van der Waals surface area contributed by atoms with E-state index in [1.807, 2.05) is 57.2 Å². The zero-order chi connectivity index (χ0) is 28.4. The van der Waals surface area contributed by atoms with Crippen molar-refractivity contribution in [1.29, 1.82) is 0 Å². The molecule has 3 fully saturated rings. The normalized spacial score (nSPS) is 29.8. The number of likely N-dealkylation sites (tertiary alicyclic amines) is 1. The number of fused-ring (bicyclic) bond motifs is 1. The second-order valence-corrected chi connectivity index (χ2v) is 11.4. The Morgan fingerprint density at radius 1 is 1.21 bits per heavy atom. The summed E-state index contributed by atoms with van der Waals surface area (Å²) in [4.78, 5) is 45.5. The summed E-state index contributed by atoms with van der Waals surface area (Å²) in [5.74, 6) is -2.79. The fourth-order valence-corrected chi connectivity index (χ4v) is 6.87. The molecule has 8 heteroatoms. The molecule has 39 heavy (non-hydrogen) atoms. The standard InChI is InChI=1S/C31H42N2O6/c1-6-8-9-13-19-38-29(37)25-24-27(35)33(23(20-34)22-14-11-10-12-15-22)26(28(36)32(18-7-2)21(3)4)31(24)17-16-30(25,5)39-31/h6-7,10-12,14-15,21,23-26,34H,1-2,8-9,13,16-20H2,3-5H3/t23-,24+,25+,26?,30-,31?/m1/s1. The van der Waals surface area contributed by atoms with Gasteiger partial charge in [0, 0.05) is 12.6 Å². The number of hydrogen-bond donors (Lipinski definition) is 1. The van der Waals surface area contributed by atoms with Crippen LogP contribution in [0.3, 0.4) is 0 Å². The van der Waals surface area contributed by atoms with Gasteiger partial charge in [0.1, 0.15) is 17.6 Å². The van der Waals surface area contributed by atoms with Crippen molar-refractivity contribution in [3.63, 3.8) is 0 Å². The Balaban J connectivity index is 1.76. The predicted molar refractivity (Wildman–Crippen MR) is 147 cm³/mol. The zero-order valence-corrected chi connectivity index (χ0v) is 23.4. The third kappa shape index (κ3) is 4.93. The highest BCUT2D eigenvalue weighted by molar-refractivity contribution is 5.99. The molecule has 2 amide bonds. The molecule has 1 spiro atoms. The largest absolute Gasteiger partial charge is 0.465 e. The van der Waals surface area contributed by atoms with Crippen molar-refractivity contribution in [2.24, 2.45) is 11.8 Å². The first-order valence-electron chi connectivity index (χ1n) is 14.0. The van der Waals surface area contributed by atoms with E-state index >= 15 is 0 Å². The van der Waals surface area contributed by atoms with E-state index in [2.05, 4.69) is 13.2 Å². The van der Waals surface area contributed by atoms with E-state index in [4.69, 9.17) is 9.47 Å². The number of esters is 1. The Kier molecular flexibility index (Phi) is 8.66. The maximum Gasteiger partial charge on any atom is 0.312 e. The van der Waals surface area contributed by atoms with Crippen molar-refractivity contribution in [1.82, 2.24) is 9.80 Å². The fraction of sp³-hybridized carbons (Fsp3) is 0.581. The maximum absolute atomic E-state index is 14.4. The fourth-order valence-electron chi connectivity index (χ4n) is 6.87. The molecule has 0 saturated carbocycles. The van der Waals surface area contributed by atoms with Crippen molar-refractivity contribution in [3.8, 4) is 0 Å². The highest BCUT2D eigenvalue weighted by Crippen LogP contribution is 2.64. The Morgan fingerprint density at radius 2 is 1.92 bits per heavy atom. The summed E-state index contributed by atoms with van der Waals surface area (Å²) in [5.41, 5.74) is -1.39. The molecule has 1 aromatic rings. The Morgan fingerprint density at radius 3 is 2.54 bits per heavy atom. The van der Waals surface area contributed by atoms with E-state index in [1.54, 1.807) is 11.0 Å². The molecule has 1 N–H and O–H groups in total. The van der Waals surface area contributed by atoms with Gasteiger partial charge in [0.15, 0.2) is 0 Å². The Labute approximate surface area is 231 Å². The summed E-state index contributed by atoms with van der Waals surface area (Å²) in [7, 11) is 0. The molecule has 212 valence electrons. The number of aliphatic hydroxyl groups is 1. The van der Waals surface area contributed by atoms with Gasteiger partial charge in [0.2, 0.25) is 11.8 Å². The molecule has 8 nitrogen and oxygen atoms in total. The summed E-state index contributed by atoms with van der Waals surface area (Å²) in [5, 5.41) is 10.6. The third-order valence-corrected chi connectivity index (χ3v) is 8.67. The number of allylic oxidation sites excluding steroid dienone is 1. The first kappa shape index (κ1) is 29.0. The second-order valence-electron chi connectivity index (χ2n) is 11.4. The van der Waals surface area contributed by atoms with Crippen molar-refractivity contribution < 1.29 is 29.0 Å². The van der Waals surface area contributed by atoms with Crippen molar-refractivity contribution in [2.45, 2.75) is 82.2 Å². The van der Waals surface area contributed by atoms with E-state index in [1.165, 1.54) is 4.90 Å². The number of hydrogen-bond acceptors (Lipinski definition) is 6. The molecule has 2 bridgehead atoms. The van der Waals surface area contributed by atoms with Crippen LogP contribution in [0.5, 0.6) is 0 Å². The molecular weight excluding hydrogens is 496 g/mol. The molecule has 0 aromatic heterocycles. The first-order valence-corrected chi connectivity index (χ1v) is 14.0. The van der Waals surface area contributed by atoms with Crippen LogP contribution in [0.2, 0.25) is 0 Å². The van der Waals surface area contributed by atoms with E-state index in [9.17, 15) is 19.5 Å². The van der Waals surface area contributed by atoms with Crippen LogP contribution in [0.25, 0.3) is 0 Å². The lowest BCUT2D eigenvalue weighted by Crippen LogP contribution is -2.58.